The van der Waals surface area contributed by atoms with Gasteiger partial charge in [-0.15, -0.1) is 0 Å². The van der Waals surface area contributed by atoms with E-state index in [1.165, 1.54) is 17.7 Å². The largest absolute Gasteiger partial charge is 0.324 e. The molecule has 2 heterocycles. The minimum absolute atomic E-state index is 0.0948. The fourth-order valence-corrected chi connectivity index (χ4v) is 4.42. The Balaban J connectivity index is 1.65. The van der Waals surface area contributed by atoms with Crippen LogP contribution in [0.15, 0.2) is 48.5 Å². The van der Waals surface area contributed by atoms with Crippen LogP contribution in [0.1, 0.15) is 29.2 Å². The molecule has 1 saturated heterocycles. The van der Waals surface area contributed by atoms with E-state index in [1.807, 2.05) is 29.0 Å². The van der Waals surface area contributed by atoms with Gasteiger partial charge in [0, 0.05) is 19.6 Å². The molecule has 0 saturated carbocycles. The molecule has 4 rings (SSSR count). The molecule has 2 amide bonds. The van der Waals surface area contributed by atoms with Gasteiger partial charge in [-0.05, 0) is 61.2 Å². The Morgan fingerprint density at radius 1 is 1.15 bits per heavy atom. The van der Waals surface area contributed by atoms with Crippen molar-refractivity contribution in [3.63, 3.8) is 0 Å². The zero-order valence-electron chi connectivity index (χ0n) is 15.7. The van der Waals surface area contributed by atoms with E-state index in [-0.39, 0.29) is 17.9 Å². The Bertz CT molecular complexity index is 807. The molecular formula is C22H26FN3O. The molecule has 1 N–H and O–H groups in total. The maximum Gasteiger partial charge on any atom is 0.320 e. The van der Waals surface area contributed by atoms with Crippen LogP contribution in [0.5, 0.6) is 0 Å². The van der Waals surface area contributed by atoms with Crippen LogP contribution < -0.4 is 5.32 Å². The van der Waals surface area contributed by atoms with Crippen LogP contribution >= 0.6 is 0 Å². The molecule has 0 spiro atoms. The molecule has 4 nitrogen and oxygen atoms in total. The molecular weight excluding hydrogens is 341 g/mol. The third kappa shape index (κ3) is 3.56. The molecule has 0 unspecified atom stereocenters. The molecule has 2 aromatic rings. The molecule has 142 valence electrons. The van der Waals surface area contributed by atoms with Crippen LogP contribution in [0.3, 0.4) is 0 Å². The first kappa shape index (κ1) is 18.0. The average Bonchev–Trinajstić information content (AvgIpc) is 3.16. The lowest BCUT2D eigenvalue weighted by Crippen LogP contribution is -2.47. The Kier molecular flexibility index (Phi) is 5.12. The van der Waals surface area contributed by atoms with Gasteiger partial charge in [-0.2, -0.15) is 0 Å². The molecule has 0 aromatic heterocycles. The normalized spacial score (nSPS) is 22.0. The van der Waals surface area contributed by atoms with E-state index in [2.05, 4.69) is 17.4 Å². The average molecular weight is 367 g/mol. The highest BCUT2D eigenvalue weighted by Crippen LogP contribution is 2.36. The smallest absolute Gasteiger partial charge is 0.320 e. The van der Waals surface area contributed by atoms with Crippen molar-refractivity contribution in [2.75, 3.05) is 33.2 Å². The standard InChI is InChI=1S/C22H26FN3O/c1-24-14-16-10-12-25(15-16)22(27)26-13-11-17-4-2-3-5-20(17)21(26)18-6-8-19(23)9-7-18/h2-9,16,21,24H,10-15H2,1H3/t16-,21-/m0/s1. The quantitative estimate of drug-likeness (QED) is 0.902. The second-order valence-corrected chi connectivity index (χ2v) is 7.54. The number of nitrogens with zero attached hydrogens (tertiary/aromatic N) is 2. The molecule has 2 aliphatic heterocycles. The zero-order valence-corrected chi connectivity index (χ0v) is 15.7. The van der Waals surface area contributed by atoms with E-state index in [1.54, 1.807) is 12.1 Å². The number of hydrogen-bond donors (Lipinski definition) is 1. The Hall–Kier alpha value is -2.40. The number of fused-ring (bicyclic) bond motifs is 1. The SMILES string of the molecule is CNC[C@@H]1CCN(C(=O)N2CCc3ccccc3[C@@H]2c2ccc(F)cc2)C1. The van der Waals surface area contributed by atoms with Crippen molar-refractivity contribution in [3.8, 4) is 0 Å². The molecule has 2 aromatic carbocycles. The van der Waals surface area contributed by atoms with E-state index in [4.69, 9.17) is 0 Å². The lowest BCUT2D eigenvalue weighted by Gasteiger charge is -2.39. The predicted octanol–water partition coefficient (Wildman–Crippen LogP) is 3.43. The highest BCUT2D eigenvalue weighted by atomic mass is 19.1. The summed E-state index contributed by atoms with van der Waals surface area (Å²) >= 11 is 0. The van der Waals surface area contributed by atoms with Crippen LogP contribution in [0.25, 0.3) is 0 Å². The van der Waals surface area contributed by atoms with E-state index in [0.717, 1.165) is 43.6 Å². The van der Waals surface area contributed by atoms with Gasteiger partial charge in [0.2, 0.25) is 0 Å². The van der Waals surface area contributed by atoms with E-state index in [9.17, 15) is 9.18 Å². The molecule has 2 aliphatic rings. The number of carbonyl (C=O) groups excluding carboxylic acids is 1. The van der Waals surface area contributed by atoms with Crippen molar-refractivity contribution >= 4 is 6.03 Å². The minimum Gasteiger partial charge on any atom is -0.324 e. The molecule has 1 fully saturated rings. The van der Waals surface area contributed by atoms with Crippen LogP contribution in [-0.2, 0) is 6.42 Å². The van der Waals surface area contributed by atoms with Crippen molar-refractivity contribution in [1.82, 2.24) is 15.1 Å². The zero-order chi connectivity index (χ0) is 18.8. The summed E-state index contributed by atoms with van der Waals surface area (Å²) < 4.78 is 13.5. The molecule has 0 bridgehead atoms. The molecule has 2 atom stereocenters. The van der Waals surface area contributed by atoms with Crippen molar-refractivity contribution in [3.05, 3.63) is 71.0 Å². The topological polar surface area (TPSA) is 35.6 Å². The van der Waals surface area contributed by atoms with Gasteiger partial charge in [0.25, 0.3) is 0 Å². The first-order chi connectivity index (χ1) is 13.2. The van der Waals surface area contributed by atoms with Gasteiger partial charge in [-0.25, -0.2) is 9.18 Å². The number of nitrogens with one attached hydrogen (secondary N) is 1. The van der Waals surface area contributed by atoms with Gasteiger partial charge in [-0.3, -0.25) is 0 Å². The third-order valence-corrected chi connectivity index (χ3v) is 5.76. The lowest BCUT2D eigenvalue weighted by atomic mass is 9.88. The Morgan fingerprint density at radius 3 is 2.70 bits per heavy atom. The number of halogens is 1. The maximum absolute atomic E-state index is 13.5. The summed E-state index contributed by atoms with van der Waals surface area (Å²) in [5.41, 5.74) is 3.38. The number of likely N-dealkylation sites (tertiary alicyclic amines) is 1. The molecule has 0 radical (unpaired) electrons. The fraction of sp³-hybridized carbons (Fsp3) is 0.409. The molecule has 0 aliphatic carbocycles. The van der Waals surface area contributed by atoms with Gasteiger partial charge >= 0.3 is 6.03 Å². The number of hydrogen-bond acceptors (Lipinski definition) is 2. The number of urea groups is 1. The summed E-state index contributed by atoms with van der Waals surface area (Å²) in [7, 11) is 1.95. The van der Waals surface area contributed by atoms with Crippen LogP contribution in [0.2, 0.25) is 0 Å². The second kappa shape index (κ2) is 7.69. The summed E-state index contributed by atoms with van der Waals surface area (Å²) in [6, 6.07) is 14.8. The number of amides is 2. The van der Waals surface area contributed by atoms with E-state index in [0.29, 0.717) is 12.5 Å². The molecule has 5 heteroatoms. The summed E-state index contributed by atoms with van der Waals surface area (Å²) in [6.45, 7) is 3.23. The predicted molar refractivity (Wildman–Crippen MR) is 104 cm³/mol. The summed E-state index contributed by atoms with van der Waals surface area (Å²) in [5, 5.41) is 3.21. The number of benzene rings is 2. The first-order valence-electron chi connectivity index (χ1n) is 9.71. The summed E-state index contributed by atoms with van der Waals surface area (Å²) in [6.07, 6.45) is 1.89. The van der Waals surface area contributed by atoms with Crippen molar-refractivity contribution in [1.29, 1.82) is 0 Å². The van der Waals surface area contributed by atoms with Gasteiger partial charge in [0.15, 0.2) is 0 Å². The monoisotopic (exact) mass is 367 g/mol. The summed E-state index contributed by atoms with van der Waals surface area (Å²) in [4.78, 5) is 17.3. The highest BCUT2D eigenvalue weighted by Gasteiger charge is 2.36. The van der Waals surface area contributed by atoms with Crippen LogP contribution in [-0.4, -0.2) is 49.1 Å². The van der Waals surface area contributed by atoms with Gasteiger partial charge in [0.05, 0.1) is 6.04 Å². The number of carbonyl (C=O) groups is 1. The van der Waals surface area contributed by atoms with Gasteiger partial charge in [0.1, 0.15) is 5.82 Å². The van der Waals surface area contributed by atoms with Crippen molar-refractivity contribution < 1.29 is 9.18 Å². The van der Waals surface area contributed by atoms with Gasteiger partial charge in [-0.1, -0.05) is 36.4 Å². The molecule has 27 heavy (non-hydrogen) atoms. The van der Waals surface area contributed by atoms with E-state index < -0.39 is 0 Å². The first-order valence-corrected chi connectivity index (χ1v) is 9.71. The highest BCUT2D eigenvalue weighted by molar-refractivity contribution is 5.76. The third-order valence-electron chi connectivity index (χ3n) is 5.76. The number of rotatable bonds is 3. The van der Waals surface area contributed by atoms with Crippen LogP contribution in [0, 0.1) is 11.7 Å². The van der Waals surface area contributed by atoms with Crippen LogP contribution in [0.4, 0.5) is 9.18 Å². The van der Waals surface area contributed by atoms with Crippen molar-refractivity contribution in [2.24, 2.45) is 5.92 Å². The second-order valence-electron chi connectivity index (χ2n) is 7.54. The minimum atomic E-state index is -0.254. The lowest BCUT2D eigenvalue weighted by molar-refractivity contribution is 0.144. The van der Waals surface area contributed by atoms with Crippen molar-refractivity contribution in [2.45, 2.75) is 18.9 Å². The fourth-order valence-electron chi connectivity index (χ4n) is 4.42. The Morgan fingerprint density at radius 2 is 1.93 bits per heavy atom. The summed E-state index contributed by atoms with van der Waals surface area (Å²) in [5.74, 6) is 0.260. The maximum atomic E-state index is 13.5. The Labute approximate surface area is 160 Å². The van der Waals surface area contributed by atoms with E-state index >= 15 is 0 Å². The van der Waals surface area contributed by atoms with Gasteiger partial charge < -0.3 is 15.1 Å².